The van der Waals surface area contributed by atoms with Gasteiger partial charge >= 0.3 is 0 Å². The van der Waals surface area contributed by atoms with Crippen LogP contribution in [0.5, 0.6) is 5.75 Å². The molecule has 1 saturated carbocycles. The van der Waals surface area contributed by atoms with Crippen molar-refractivity contribution in [1.82, 2.24) is 10.2 Å². The van der Waals surface area contributed by atoms with Crippen molar-refractivity contribution in [3.8, 4) is 5.75 Å². The Morgan fingerprint density at radius 2 is 1.85 bits per heavy atom. The topological polar surface area (TPSA) is 185 Å². The van der Waals surface area contributed by atoms with Crippen LogP contribution >= 0.6 is 0 Å². The predicted octanol–water partition coefficient (Wildman–Crippen LogP) is 1.14. The van der Waals surface area contributed by atoms with E-state index in [1.54, 1.807) is 27.2 Å². The number of hydrogen-bond acceptors (Lipinski definition) is 10. The van der Waals surface area contributed by atoms with Gasteiger partial charge in [-0.05, 0) is 49.9 Å². The van der Waals surface area contributed by atoms with E-state index in [9.17, 15) is 34.8 Å². The SMILES string of the molecule is CNc1cc(CNCC(C)(C)C)c(O)c2c1C[C@H]1C[C@H]3[C@@H](N(C)C)C(=O)C(C(N)=O)=C(O)[C@@]3(O)C(=O)C1=C2O. The van der Waals surface area contributed by atoms with E-state index in [0.29, 0.717) is 29.9 Å². The lowest BCUT2D eigenvalue weighted by Gasteiger charge is -2.50. The Morgan fingerprint density at radius 1 is 1.21 bits per heavy atom. The highest BCUT2D eigenvalue weighted by atomic mass is 16.3. The van der Waals surface area contributed by atoms with Gasteiger partial charge in [0, 0.05) is 42.9 Å². The molecule has 0 aromatic heterocycles. The van der Waals surface area contributed by atoms with Gasteiger partial charge in [0.1, 0.15) is 22.8 Å². The van der Waals surface area contributed by atoms with Crippen LogP contribution in [0.2, 0.25) is 0 Å². The first kappa shape index (κ1) is 28.6. The molecule has 3 aliphatic rings. The second kappa shape index (κ2) is 9.65. The number of rotatable bonds is 6. The molecule has 0 aliphatic heterocycles. The average Bonchev–Trinajstić information content (AvgIpc) is 2.81. The summed E-state index contributed by atoms with van der Waals surface area (Å²) in [5.74, 6) is -6.59. The summed E-state index contributed by atoms with van der Waals surface area (Å²) in [5, 5.41) is 51.8. The van der Waals surface area contributed by atoms with Crippen molar-refractivity contribution in [1.29, 1.82) is 0 Å². The molecule has 0 saturated heterocycles. The average molecular weight is 543 g/mol. The number of carbonyl (C=O) groups is 3. The molecule has 4 rings (SSSR count). The molecule has 11 nitrogen and oxygen atoms in total. The van der Waals surface area contributed by atoms with Crippen molar-refractivity contribution in [2.24, 2.45) is 23.0 Å². The molecule has 212 valence electrons. The summed E-state index contributed by atoms with van der Waals surface area (Å²) in [4.78, 5) is 40.7. The second-order valence-electron chi connectivity index (χ2n) is 12.2. The van der Waals surface area contributed by atoms with Crippen LogP contribution in [0, 0.1) is 17.3 Å². The first-order chi connectivity index (χ1) is 18.1. The minimum atomic E-state index is -2.65. The number of ketones is 2. The molecule has 11 heteroatoms. The van der Waals surface area contributed by atoms with Crippen molar-refractivity contribution < 1.29 is 34.8 Å². The summed E-state index contributed by atoms with van der Waals surface area (Å²) < 4.78 is 0. The van der Waals surface area contributed by atoms with Crippen LogP contribution in [0.4, 0.5) is 5.69 Å². The lowest BCUT2D eigenvalue weighted by Crippen LogP contribution is -2.65. The number of primary amides is 1. The number of aromatic hydroxyl groups is 1. The van der Waals surface area contributed by atoms with Gasteiger partial charge < -0.3 is 36.8 Å². The summed E-state index contributed by atoms with van der Waals surface area (Å²) in [6.07, 6.45) is 0.276. The van der Waals surface area contributed by atoms with Gasteiger partial charge in [-0.25, -0.2) is 0 Å². The van der Waals surface area contributed by atoms with Crippen LogP contribution in [-0.2, 0) is 27.3 Å². The molecule has 39 heavy (non-hydrogen) atoms. The molecule has 0 bridgehead atoms. The molecule has 1 aromatic rings. The third-order valence-corrected chi connectivity index (χ3v) is 8.04. The van der Waals surface area contributed by atoms with Crippen molar-refractivity contribution in [3.63, 3.8) is 0 Å². The molecule has 0 spiro atoms. The van der Waals surface area contributed by atoms with E-state index in [1.165, 1.54) is 4.90 Å². The van der Waals surface area contributed by atoms with Gasteiger partial charge in [0.05, 0.1) is 11.6 Å². The van der Waals surface area contributed by atoms with E-state index in [4.69, 9.17) is 5.73 Å². The fraction of sp³-hybridized carbons (Fsp3) is 0.536. The smallest absolute Gasteiger partial charge is 0.255 e. The Morgan fingerprint density at radius 3 is 2.38 bits per heavy atom. The maximum absolute atomic E-state index is 14.0. The molecular weight excluding hydrogens is 504 g/mol. The Labute approximate surface area is 227 Å². The minimum absolute atomic E-state index is 0.00141. The van der Waals surface area contributed by atoms with E-state index in [1.807, 2.05) is 0 Å². The molecule has 8 N–H and O–H groups in total. The number of likely N-dealkylation sites (N-methyl/N-ethyl adjacent to an activating group) is 1. The number of nitrogens with zero attached hydrogens (tertiary/aromatic N) is 1. The number of aliphatic hydroxyl groups is 3. The predicted molar refractivity (Wildman–Crippen MR) is 145 cm³/mol. The van der Waals surface area contributed by atoms with Crippen molar-refractivity contribution in [2.45, 2.75) is 51.8 Å². The van der Waals surface area contributed by atoms with E-state index < -0.39 is 58.0 Å². The lowest BCUT2D eigenvalue weighted by atomic mass is 9.57. The summed E-state index contributed by atoms with van der Waals surface area (Å²) in [6, 6.07) is 0.680. The van der Waals surface area contributed by atoms with Gasteiger partial charge in [-0.15, -0.1) is 0 Å². The zero-order valence-electron chi connectivity index (χ0n) is 23.2. The number of aliphatic hydroxyl groups excluding tert-OH is 2. The number of hydrogen-bond donors (Lipinski definition) is 7. The van der Waals surface area contributed by atoms with Gasteiger partial charge in [-0.2, -0.15) is 0 Å². The van der Waals surface area contributed by atoms with E-state index in [-0.39, 0.29) is 35.1 Å². The monoisotopic (exact) mass is 542 g/mol. The highest BCUT2D eigenvalue weighted by Crippen LogP contribution is 2.53. The number of benzene rings is 1. The van der Waals surface area contributed by atoms with Crippen molar-refractivity contribution in [3.05, 3.63) is 39.7 Å². The van der Waals surface area contributed by atoms with Gasteiger partial charge in [-0.3, -0.25) is 19.3 Å². The fourth-order valence-corrected chi connectivity index (χ4v) is 6.30. The third-order valence-electron chi connectivity index (χ3n) is 8.04. The summed E-state index contributed by atoms with van der Waals surface area (Å²) in [6.45, 7) is 7.18. The first-order valence-electron chi connectivity index (χ1n) is 13.0. The molecule has 1 amide bonds. The molecule has 0 unspecified atom stereocenters. The molecule has 3 aliphatic carbocycles. The zero-order chi connectivity index (χ0) is 29.2. The fourth-order valence-electron chi connectivity index (χ4n) is 6.30. The highest BCUT2D eigenvalue weighted by molar-refractivity contribution is 6.24. The summed E-state index contributed by atoms with van der Waals surface area (Å²) >= 11 is 0. The number of phenolic OH excluding ortho intramolecular Hbond substituents is 1. The number of fused-ring (bicyclic) bond motifs is 3. The Bertz CT molecular complexity index is 1320. The molecule has 0 heterocycles. The third kappa shape index (κ3) is 4.38. The lowest BCUT2D eigenvalue weighted by molar-refractivity contribution is -0.153. The maximum atomic E-state index is 14.0. The van der Waals surface area contributed by atoms with Gasteiger partial charge in [0.15, 0.2) is 11.4 Å². The number of phenols is 1. The largest absolute Gasteiger partial charge is 0.508 e. The normalized spacial score (nSPS) is 26.9. The van der Waals surface area contributed by atoms with Crippen molar-refractivity contribution >= 4 is 28.9 Å². The molecular formula is C28H38N4O7. The zero-order valence-corrected chi connectivity index (χ0v) is 23.2. The summed E-state index contributed by atoms with van der Waals surface area (Å²) in [7, 11) is 4.86. The minimum Gasteiger partial charge on any atom is -0.508 e. The second-order valence-corrected chi connectivity index (χ2v) is 12.2. The Hall–Kier alpha value is -3.41. The van der Waals surface area contributed by atoms with Crippen LogP contribution in [-0.4, -0.2) is 82.1 Å². The van der Waals surface area contributed by atoms with Gasteiger partial charge in [-0.1, -0.05) is 20.8 Å². The number of amides is 1. The number of nitrogens with one attached hydrogen (secondary N) is 2. The molecule has 4 atom stereocenters. The molecule has 1 aromatic carbocycles. The summed E-state index contributed by atoms with van der Waals surface area (Å²) in [5.41, 5.74) is 3.55. The quantitative estimate of drug-likeness (QED) is 0.203. The molecule has 0 radical (unpaired) electrons. The maximum Gasteiger partial charge on any atom is 0.255 e. The van der Waals surface area contributed by atoms with Crippen LogP contribution in [0.3, 0.4) is 0 Å². The van der Waals surface area contributed by atoms with Gasteiger partial charge in [0.25, 0.3) is 5.91 Å². The first-order valence-corrected chi connectivity index (χ1v) is 13.0. The van der Waals surface area contributed by atoms with Crippen molar-refractivity contribution in [2.75, 3.05) is 33.0 Å². The van der Waals surface area contributed by atoms with Crippen LogP contribution in [0.1, 0.15) is 43.9 Å². The van der Waals surface area contributed by atoms with E-state index in [0.717, 1.165) is 0 Å². The van der Waals surface area contributed by atoms with E-state index in [2.05, 4.69) is 31.4 Å². The number of Topliss-reactive ketones (excluding diaryl/α,β-unsaturated/α-hetero) is 2. The number of anilines is 1. The van der Waals surface area contributed by atoms with E-state index >= 15 is 0 Å². The standard InChI is InChI=1S/C28H38N4O7/c1-27(2,3)11-31-10-13-9-16(30-4)14-7-12-8-15-20(32(5)6)23(35)19(26(29)38)25(37)28(15,39)24(36)17(12)22(34)18(14)21(13)33/h9,12,15,20,30-31,33-34,37,39H,7-8,10-11H2,1-6H3,(H2,29,38)/t12-,15-,20+,28-/m0/s1. The van der Waals surface area contributed by atoms with Gasteiger partial charge in [0.2, 0.25) is 5.78 Å². The number of nitrogens with two attached hydrogens (primary N) is 1. The number of carbonyl (C=O) groups excluding carboxylic acids is 3. The van der Waals surface area contributed by atoms with Crippen LogP contribution in [0.25, 0.3) is 5.76 Å². The van der Waals surface area contributed by atoms with Crippen LogP contribution in [0.15, 0.2) is 23.0 Å². The van der Waals surface area contributed by atoms with Crippen LogP contribution < -0.4 is 16.4 Å². The Kier molecular flexibility index (Phi) is 7.08. The Balaban J connectivity index is 1.89. The molecule has 1 fully saturated rings. The highest BCUT2D eigenvalue weighted by Gasteiger charge is 2.64.